The Kier molecular flexibility index (Phi) is 7.63. The molecule has 2 N–H and O–H groups in total. The molecule has 0 spiro atoms. The molecule has 2 aromatic heterocycles. The second-order valence-electron chi connectivity index (χ2n) is 9.44. The number of para-hydroxylation sites is 1. The van der Waals surface area contributed by atoms with Crippen LogP contribution in [0.15, 0.2) is 84.1 Å². The van der Waals surface area contributed by atoms with Crippen molar-refractivity contribution in [1.82, 2.24) is 9.97 Å². The molecule has 0 amide bonds. The SMILES string of the molecule is CN=CC(=C(N)c1ccc(OCc2cc(C(=O)OC(C)(C)C)c3ccccc3n2)cc1)c1ccncc1. The van der Waals surface area contributed by atoms with Crippen LogP contribution in [0.2, 0.25) is 0 Å². The maximum atomic E-state index is 12.9. The number of carbonyl (C=O) groups is 1. The zero-order chi connectivity index (χ0) is 26.4. The minimum atomic E-state index is -0.601. The number of nitrogens with two attached hydrogens (primary N) is 1. The fourth-order valence-electron chi connectivity index (χ4n) is 3.81. The predicted molar refractivity (Wildman–Crippen MR) is 147 cm³/mol. The van der Waals surface area contributed by atoms with Gasteiger partial charge in [0.25, 0.3) is 0 Å². The normalized spacial score (nSPS) is 12.4. The Morgan fingerprint density at radius 1 is 1.00 bits per heavy atom. The third kappa shape index (κ3) is 6.38. The van der Waals surface area contributed by atoms with Crippen LogP contribution in [0.1, 0.15) is 48.0 Å². The van der Waals surface area contributed by atoms with Crippen LogP contribution in [0.25, 0.3) is 22.2 Å². The van der Waals surface area contributed by atoms with Gasteiger partial charge in [0, 0.05) is 42.3 Å². The van der Waals surface area contributed by atoms with Gasteiger partial charge in [0.05, 0.1) is 16.8 Å². The van der Waals surface area contributed by atoms with E-state index in [9.17, 15) is 4.79 Å². The van der Waals surface area contributed by atoms with Crippen molar-refractivity contribution in [2.24, 2.45) is 10.7 Å². The molecule has 4 rings (SSSR count). The summed E-state index contributed by atoms with van der Waals surface area (Å²) in [4.78, 5) is 25.8. The minimum absolute atomic E-state index is 0.191. The number of benzene rings is 2. The Morgan fingerprint density at radius 2 is 1.70 bits per heavy atom. The van der Waals surface area contributed by atoms with Gasteiger partial charge in [-0.1, -0.05) is 18.2 Å². The van der Waals surface area contributed by atoms with Crippen LogP contribution in [0.4, 0.5) is 0 Å². The molecule has 0 aliphatic heterocycles. The molecule has 0 aliphatic rings. The van der Waals surface area contributed by atoms with E-state index in [4.69, 9.17) is 15.2 Å². The lowest BCUT2D eigenvalue weighted by Crippen LogP contribution is -2.24. The molecule has 0 unspecified atom stereocenters. The van der Waals surface area contributed by atoms with Crippen LogP contribution in [-0.2, 0) is 11.3 Å². The highest BCUT2D eigenvalue weighted by molar-refractivity contribution is 6.18. The van der Waals surface area contributed by atoms with Crippen molar-refractivity contribution in [3.8, 4) is 5.75 Å². The first-order chi connectivity index (χ1) is 17.7. The first-order valence-corrected chi connectivity index (χ1v) is 11.9. The minimum Gasteiger partial charge on any atom is -0.487 e. The van der Waals surface area contributed by atoms with Gasteiger partial charge in [-0.3, -0.25) is 9.98 Å². The summed E-state index contributed by atoms with van der Waals surface area (Å²) in [6.45, 7) is 5.73. The Hall–Kier alpha value is -4.52. The summed E-state index contributed by atoms with van der Waals surface area (Å²) < 4.78 is 11.6. The van der Waals surface area contributed by atoms with Gasteiger partial charge in [-0.15, -0.1) is 0 Å². The van der Waals surface area contributed by atoms with Crippen molar-refractivity contribution in [1.29, 1.82) is 0 Å². The molecule has 7 heteroatoms. The summed E-state index contributed by atoms with van der Waals surface area (Å²) in [5.41, 5.74) is 10.9. The molecule has 0 radical (unpaired) electrons. The zero-order valence-corrected chi connectivity index (χ0v) is 21.4. The summed E-state index contributed by atoms with van der Waals surface area (Å²) in [7, 11) is 1.71. The second kappa shape index (κ2) is 11.0. The van der Waals surface area contributed by atoms with Crippen molar-refractivity contribution in [2.75, 3.05) is 7.05 Å². The molecule has 2 heterocycles. The van der Waals surface area contributed by atoms with Crippen molar-refractivity contribution < 1.29 is 14.3 Å². The van der Waals surface area contributed by atoms with Gasteiger partial charge >= 0.3 is 5.97 Å². The Bertz CT molecular complexity index is 1450. The van der Waals surface area contributed by atoms with Crippen LogP contribution < -0.4 is 10.5 Å². The van der Waals surface area contributed by atoms with E-state index in [-0.39, 0.29) is 12.6 Å². The second-order valence-corrected chi connectivity index (χ2v) is 9.44. The van der Waals surface area contributed by atoms with Crippen molar-refractivity contribution in [3.63, 3.8) is 0 Å². The third-order valence-electron chi connectivity index (χ3n) is 5.48. The number of hydrogen-bond acceptors (Lipinski definition) is 7. The van der Waals surface area contributed by atoms with Gasteiger partial charge in [-0.05, 0) is 80.4 Å². The number of esters is 1. The number of hydrogen-bond donors (Lipinski definition) is 1. The number of allylic oxidation sites excluding steroid dienone is 1. The standard InChI is InChI=1S/C30H30N4O3/c1-30(2,3)37-29(35)25-17-22(34-27-8-6-5-7-24(25)27)19-36-23-11-9-21(10-12-23)28(31)26(18-32-4)20-13-15-33-16-14-20/h5-18H,19,31H2,1-4H3. The van der Waals surface area contributed by atoms with Crippen LogP contribution >= 0.6 is 0 Å². The fourth-order valence-corrected chi connectivity index (χ4v) is 3.81. The monoisotopic (exact) mass is 494 g/mol. The molecule has 0 fully saturated rings. The number of rotatable bonds is 7. The molecule has 188 valence electrons. The number of nitrogens with zero attached hydrogens (tertiary/aromatic N) is 3. The number of carbonyl (C=O) groups excluding carboxylic acids is 1. The lowest BCUT2D eigenvalue weighted by Gasteiger charge is -2.20. The Morgan fingerprint density at radius 3 is 2.38 bits per heavy atom. The van der Waals surface area contributed by atoms with E-state index >= 15 is 0 Å². The van der Waals surface area contributed by atoms with E-state index in [1.165, 1.54) is 0 Å². The van der Waals surface area contributed by atoms with Crippen molar-refractivity contribution in [2.45, 2.75) is 33.0 Å². The first kappa shape index (κ1) is 25.6. The van der Waals surface area contributed by atoms with Gasteiger partial charge in [0.2, 0.25) is 0 Å². The maximum absolute atomic E-state index is 12.9. The summed E-state index contributed by atoms with van der Waals surface area (Å²) >= 11 is 0. The molecular weight excluding hydrogens is 464 g/mol. The molecule has 37 heavy (non-hydrogen) atoms. The fraction of sp³-hybridized carbons (Fsp3) is 0.200. The molecule has 0 atom stereocenters. The summed E-state index contributed by atoms with van der Waals surface area (Å²) in [5, 5.41) is 0.743. The molecule has 0 saturated carbocycles. The van der Waals surface area contributed by atoms with E-state index in [1.54, 1.807) is 31.7 Å². The largest absolute Gasteiger partial charge is 0.487 e. The Labute approximate surface area is 216 Å². The van der Waals surface area contributed by atoms with Gasteiger partial charge < -0.3 is 15.2 Å². The highest BCUT2D eigenvalue weighted by atomic mass is 16.6. The molecule has 0 bridgehead atoms. The number of aliphatic imine (C=N–C) groups is 1. The number of aromatic nitrogens is 2. The summed E-state index contributed by atoms with van der Waals surface area (Å²) in [6.07, 6.45) is 5.18. The number of fused-ring (bicyclic) bond motifs is 1. The van der Waals surface area contributed by atoms with Gasteiger partial charge in [-0.25, -0.2) is 9.78 Å². The lowest BCUT2D eigenvalue weighted by atomic mass is 10.0. The third-order valence-corrected chi connectivity index (χ3v) is 5.48. The van der Waals surface area contributed by atoms with Crippen molar-refractivity contribution in [3.05, 3.63) is 102 Å². The van der Waals surface area contributed by atoms with E-state index in [1.807, 2.05) is 81.4 Å². The van der Waals surface area contributed by atoms with E-state index in [0.29, 0.717) is 28.2 Å². The maximum Gasteiger partial charge on any atom is 0.339 e. The summed E-state index contributed by atoms with van der Waals surface area (Å²) in [5.74, 6) is 0.263. The first-order valence-electron chi connectivity index (χ1n) is 11.9. The van der Waals surface area contributed by atoms with E-state index in [0.717, 1.165) is 22.1 Å². The Balaban J connectivity index is 1.56. The van der Waals surface area contributed by atoms with Gasteiger partial charge in [0.1, 0.15) is 18.0 Å². The highest BCUT2D eigenvalue weighted by Gasteiger charge is 2.21. The lowest BCUT2D eigenvalue weighted by molar-refractivity contribution is 0.00715. The quantitative estimate of drug-likeness (QED) is 0.262. The topological polar surface area (TPSA) is 99.7 Å². The molecule has 4 aromatic rings. The van der Waals surface area contributed by atoms with Crippen LogP contribution in [-0.4, -0.2) is 34.8 Å². The molecule has 2 aromatic carbocycles. The van der Waals surface area contributed by atoms with Crippen LogP contribution in [0.5, 0.6) is 5.75 Å². The molecule has 0 saturated heterocycles. The smallest absolute Gasteiger partial charge is 0.339 e. The van der Waals surface area contributed by atoms with Crippen molar-refractivity contribution >= 4 is 34.4 Å². The zero-order valence-electron chi connectivity index (χ0n) is 21.4. The average Bonchev–Trinajstić information content (AvgIpc) is 2.89. The predicted octanol–water partition coefficient (Wildman–Crippen LogP) is 5.69. The highest BCUT2D eigenvalue weighted by Crippen LogP contribution is 2.25. The molecule has 7 nitrogen and oxygen atoms in total. The molecular formula is C30H30N4O3. The van der Waals surface area contributed by atoms with Crippen LogP contribution in [0, 0.1) is 0 Å². The number of ether oxygens (including phenoxy) is 2. The molecule has 0 aliphatic carbocycles. The van der Waals surface area contributed by atoms with E-state index in [2.05, 4.69) is 15.0 Å². The van der Waals surface area contributed by atoms with Gasteiger partial charge in [-0.2, -0.15) is 0 Å². The summed E-state index contributed by atoms with van der Waals surface area (Å²) in [6, 6.07) is 20.5. The van der Waals surface area contributed by atoms with Gasteiger partial charge in [0.15, 0.2) is 0 Å². The average molecular weight is 495 g/mol. The van der Waals surface area contributed by atoms with E-state index < -0.39 is 5.60 Å². The number of pyridine rings is 2. The van der Waals surface area contributed by atoms with Crippen LogP contribution in [0.3, 0.4) is 0 Å².